The van der Waals surface area contributed by atoms with E-state index in [1.165, 1.54) is 11.4 Å². The molecular formula is C23H47N3O2. The first-order valence-electron chi connectivity index (χ1n) is 11.2. The van der Waals surface area contributed by atoms with E-state index in [1.54, 1.807) is 0 Å². The van der Waals surface area contributed by atoms with Gasteiger partial charge in [-0.05, 0) is 44.9 Å². The van der Waals surface area contributed by atoms with Gasteiger partial charge in [-0.25, -0.2) is 0 Å². The molecule has 1 atom stereocenters. The van der Waals surface area contributed by atoms with Crippen LogP contribution in [0.15, 0.2) is 9.98 Å². The lowest BCUT2D eigenvalue weighted by molar-refractivity contribution is 0.0168. The van der Waals surface area contributed by atoms with Crippen LogP contribution in [0.3, 0.4) is 0 Å². The molecule has 166 valence electrons. The third kappa shape index (κ3) is 17.3. The van der Waals surface area contributed by atoms with E-state index in [0.29, 0.717) is 25.0 Å². The topological polar surface area (TPSA) is 57.4 Å². The van der Waals surface area contributed by atoms with E-state index < -0.39 is 6.10 Å². The van der Waals surface area contributed by atoms with Gasteiger partial charge in [-0.1, -0.05) is 41.0 Å². The highest BCUT2D eigenvalue weighted by Gasteiger charge is 2.12. The van der Waals surface area contributed by atoms with E-state index >= 15 is 0 Å². The predicted octanol–water partition coefficient (Wildman–Crippen LogP) is 4.48. The van der Waals surface area contributed by atoms with Crippen molar-refractivity contribution < 1.29 is 9.84 Å². The second-order valence-electron chi connectivity index (χ2n) is 8.81. The van der Waals surface area contributed by atoms with Crippen molar-refractivity contribution in [1.82, 2.24) is 4.90 Å². The molecule has 0 aromatic rings. The van der Waals surface area contributed by atoms with Gasteiger partial charge in [-0.3, -0.25) is 14.9 Å². The summed E-state index contributed by atoms with van der Waals surface area (Å²) < 4.78 is 5.58. The molecule has 28 heavy (non-hydrogen) atoms. The summed E-state index contributed by atoms with van der Waals surface area (Å²) in [5.74, 6) is 1.28. The molecule has 0 aliphatic rings. The van der Waals surface area contributed by atoms with Gasteiger partial charge in [-0.15, -0.1) is 0 Å². The average molecular weight is 398 g/mol. The molecule has 1 unspecified atom stereocenters. The minimum absolute atomic E-state index is 0.405. The Morgan fingerprint density at radius 3 is 1.86 bits per heavy atom. The number of hydrogen-bond acceptors (Lipinski definition) is 5. The lowest BCUT2D eigenvalue weighted by Crippen LogP contribution is -2.38. The van der Waals surface area contributed by atoms with Crippen LogP contribution >= 0.6 is 0 Å². The zero-order valence-corrected chi connectivity index (χ0v) is 19.7. The molecule has 0 bridgehead atoms. The Morgan fingerprint density at radius 1 is 0.929 bits per heavy atom. The highest BCUT2D eigenvalue weighted by atomic mass is 16.5. The van der Waals surface area contributed by atoms with E-state index in [4.69, 9.17) is 14.7 Å². The van der Waals surface area contributed by atoms with Crippen LogP contribution in [-0.4, -0.2) is 73.5 Å². The first kappa shape index (κ1) is 27.2. The zero-order valence-electron chi connectivity index (χ0n) is 19.7. The predicted molar refractivity (Wildman–Crippen MR) is 123 cm³/mol. The summed E-state index contributed by atoms with van der Waals surface area (Å²) in [6, 6.07) is 0. The summed E-state index contributed by atoms with van der Waals surface area (Å²) in [7, 11) is 0. The SMILES string of the molecule is CCCCOCC(O)CN(CCN=C(C)CC(C)C)CCN=C(C)CC(C)C. The van der Waals surface area contributed by atoms with Gasteiger partial charge >= 0.3 is 0 Å². The summed E-state index contributed by atoms with van der Waals surface area (Å²) in [6.45, 7) is 20.2. The number of rotatable bonds is 17. The van der Waals surface area contributed by atoms with E-state index in [9.17, 15) is 5.11 Å². The molecule has 0 aromatic carbocycles. The van der Waals surface area contributed by atoms with E-state index in [0.717, 1.165) is 58.5 Å². The summed E-state index contributed by atoms with van der Waals surface area (Å²) in [5.41, 5.74) is 2.42. The number of aliphatic hydroxyl groups is 1. The molecule has 0 aliphatic heterocycles. The van der Waals surface area contributed by atoms with E-state index in [2.05, 4.69) is 53.4 Å². The van der Waals surface area contributed by atoms with Crippen LogP contribution in [-0.2, 0) is 4.74 Å². The van der Waals surface area contributed by atoms with E-state index in [1.807, 2.05) is 0 Å². The molecule has 0 aliphatic carbocycles. The Morgan fingerprint density at radius 2 is 1.43 bits per heavy atom. The van der Waals surface area contributed by atoms with Gasteiger partial charge in [0.15, 0.2) is 0 Å². The number of unbranched alkanes of at least 4 members (excludes halogenated alkanes) is 1. The molecule has 1 N–H and O–H groups in total. The summed E-state index contributed by atoms with van der Waals surface area (Å²) in [5, 5.41) is 10.3. The zero-order chi connectivity index (χ0) is 21.4. The lowest BCUT2D eigenvalue weighted by Gasteiger charge is -2.24. The third-order valence-corrected chi connectivity index (χ3v) is 4.42. The fourth-order valence-corrected chi connectivity index (χ4v) is 3.19. The second kappa shape index (κ2) is 17.1. The smallest absolute Gasteiger partial charge is 0.0900 e. The highest BCUT2D eigenvalue weighted by molar-refractivity contribution is 5.82. The fraction of sp³-hybridized carbons (Fsp3) is 0.913. The molecule has 0 rings (SSSR count). The molecule has 0 radical (unpaired) electrons. The molecular weight excluding hydrogens is 350 g/mol. The monoisotopic (exact) mass is 397 g/mol. The Hall–Kier alpha value is -0.780. The van der Waals surface area contributed by atoms with Crippen LogP contribution in [0.2, 0.25) is 0 Å². The fourth-order valence-electron chi connectivity index (χ4n) is 3.19. The van der Waals surface area contributed by atoms with Gasteiger partial charge in [0.2, 0.25) is 0 Å². The van der Waals surface area contributed by atoms with Gasteiger partial charge in [0.1, 0.15) is 0 Å². The minimum Gasteiger partial charge on any atom is -0.389 e. The van der Waals surface area contributed by atoms with Gasteiger partial charge in [0, 0.05) is 37.7 Å². The van der Waals surface area contributed by atoms with Crippen LogP contribution in [0.4, 0.5) is 0 Å². The largest absolute Gasteiger partial charge is 0.389 e. The van der Waals surface area contributed by atoms with Crippen LogP contribution < -0.4 is 0 Å². The Labute approximate surface area is 174 Å². The maximum atomic E-state index is 10.3. The van der Waals surface area contributed by atoms with E-state index in [-0.39, 0.29) is 0 Å². The van der Waals surface area contributed by atoms with Crippen molar-refractivity contribution in [3.63, 3.8) is 0 Å². The summed E-state index contributed by atoms with van der Waals surface area (Å²) in [6.07, 6.45) is 3.80. The normalized spacial score (nSPS) is 14.5. The van der Waals surface area contributed by atoms with Crippen molar-refractivity contribution in [3.8, 4) is 0 Å². The van der Waals surface area contributed by atoms with Crippen molar-refractivity contribution in [1.29, 1.82) is 0 Å². The average Bonchev–Trinajstić information content (AvgIpc) is 2.57. The highest BCUT2D eigenvalue weighted by Crippen LogP contribution is 2.03. The quantitative estimate of drug-likeness (QED) is 0.291. The Kier molecular flexibility index (Phi) is 16.6. The van der Waals surface area contributed by atoms with Crippen molar-refractivity contribution in [2.75, 3.05) is 45.9 Å². The van der Waals surface area contributed by atoms with Gasteiger partial charge in [0.05, 0.1) is 25.8 Å². The van der Waals surface area contributed by atoms with Crippen molar-refractivity contribution in [2.45, 2.75) is 80.3 Å². The first-order chi connectivity index (χ1) is 13.2. The molecule has 0 heterocycles. The summed E-state index contributed by atoms with van der Waals surface area (Å²) in [4.78, 5) is 11.7. The molecule has 0 fully saturated rings. The molecule has 0 spiro atoms. The molecule has 0 aromatic heterocycles. The Balaban J connectivity index is 4.55. The first-order valence-corrected chi connectivity index (χ1v) is 11.2. The number of aliphatic hydroxyl groups excluding tert-OH is 1. The van der Waals surface area contributed by atoms with Crippen molar-refractivity contribution in [3.05, 3.63) is 0 Å². The van der Waals surface area contributed by atoms with Crippen LogP contribution in [0.25, 0.3) is 0 Å². The number of ether oxygens (including phenoxy) is 1. The molecule has 5 nitrogen and oxygen atoms in total. The number of aliphatic imine (C=N–C) groups is 2. The van der Waals surface area contributed by atoms with Crippen LogP contribution in [0.1, 0.15) is 74.1 Å². The molecule has 0 saturated carbocycles. The Bertz CT molecular complexity index is 404. The van der Waals surface area contributed by atoms with Gasteiger partial charge < -0.3 is 9.84 Å². The third-order valence-electron chi connectivity index (χ3n) is 4.42. The minimum atomic E-state index is -0.460. The number of nitrogens with zero attached hydrogens (tertiary/aromatic N) is 3. The second-order valence-corrected chi connectivity index (χ2v) is 8.81. The van der Waals surface area contributed by atoms with Gasteiger partial charge in [0.25, 0.3) is 0 Å². The standard InChI is InChI=1S/C23H47N3O2/c1-8-9-14-28-18-23(27)17-26(12-10-24-21(6)15-19(2)3)13-11-25-22(7)16-20(4)5/h19-20,23,27H,8-18H2,1-7H3. The van der Waals surface area contributed by atoms with Crippen molar-refractivity contribution >= 4 is 11.4 Å². The lowest BCUT2D eigenvalue weighted by atomic mass is 10.1. The van der Waals surface area contributed by atoms with Gasteiger partial charge in [-0.2, -0.15) is 0 Å². The molecule has 5 heteroatoms. The molecule has 0 amide bonds. The maximum Gasteiger partial charge on any atom is 0.0900 e. The maximum absolute atomic E-state index is 10.3. The van der Waals surface area contributed by atoms with Crippen LogP contribution in [0, 0.1) is 11.8 Å². The van der Waals surface area contributed by atoms with Crippen molar-refractivity contribution in [2.24, 2.45) is 21.8 Å². The van der Waals surface area contributed by atoms with Crippen LogP contribution in [0.5, 0.6) is 0 Å². The molecule has 0 saturated heterocycles. The summed E-state index contributed by atoms with van der Waals surface area (Å²) >= 11 is 0. The number of hydrogen-bond donors (Lipinski definition) is 1.